The Bertz CT molecular complexity index is 1410. The summed E-state index contributed by atoms with van der Waals surface area (Å²) in [5.74, 6) is -1.48. The Morgan fingerprint density at radius 2 is 1.70 bits per heavy atom. The zero-order chi connectivity index (χ0) is 33.7. The Kier molecular flexibility index (Phi) is 11.2. The lowest BCUT2D eigenvalue weighted by Crippen LogP contribution is -2.57. The van der Waals surface area contributed by atoms with Gasteiger partial charge in [0.25, 0.3) is 0 Å². The number of nitrogens with zero attached hydrogens (tertiary/aromatic N) is 5. The molecule has 13 heteroatoms. The molecule has 3 aliphatic rings. The molecule has 1 aromatic carbocycles. The Morgan fingerprint density at radius 3 is 2.32 bits per heavy atom. The number of hydrogen-bond donors (Lipinski definition) is 3. The number of anilines is 2. The van der Waals surface area contributed by atoms with E-state index in [1.165, 1.54) is 17.0 Å². The summed E-state index contributed by atoms with van der Waals surface area (Å²) < 4.78 is 17.5. The van der Waals surface area contributed by atoms with Gasteiger partial charge in [-0.1, -0.05) is 32.3 Å². The third kappa shape index (κ3) is 8.30. The molecule has 2 aromatic rings. The number of urea groups is 1. The second kappa shape index (κ2) is 15.3. The van der Waals surface area contributed by atoms with E-state index in [1.54, 1.807) is 34.8 Å². The molecule has 1 aromatic heterocycles. The van der Waals surface area contributed by atoms with Crippen LogP contribution in [-0.4, -0.2) is 95.2 Å². The lowest BCUT2D eigenvalue weighted by atomic mass is 9.82. The molecule has 0 spiro atoms. The fraction of sp³-hybridized carbons (Fsp3) is 0.618. The van der Waals surface area contributed by atoms with E-state index in [0.29, 0.717) is 30.9 Å². The van der Waals surface area contributed by atoms with Crippen LogP contribution in [0.2, 0.25) is 0 Å². The minimum absolute atomic E-state index is 0.0173. The number of likely N-dealkylation sites (N-methyl/N-ethyl adjacent to an activating group) is 1. The van der Waals surface area contributed by atoms with Gasteiger partial charge in [0.15, 0.2) is 0 Å². The number of nitrogens with one attached hydrogen (secondary N) is 3. The van der Waals surface area contributed by atoms with Gasteiger partial charge in [0.05, 0.1) is 11.9 Å². The third-order valence-corrected chi connectivity index (χ3v) is 9.74. The summed E-state index contributed by atoms with van der Waals surface area (Å²) in [5, 5.41) is 12.9. The molecule has 3 fully saturated rings. The molecular formula is C34H49FN8O4. The summed E-state index contributed by atoms with van der Waals surface area (Å²) in [6.07, 6.45) is 8.62. The van der Waals surface area contributed by atoms with Crippen LogP contribution in [-0.2, 0) is 14.4 Å². The lowest BCUT2D eigenvalue weighted by Gasteiger charge is -2.36. The van der Waals surface area contributed by atoms with Gasteiger partial charge in [-0.05, 0) is 70.2 Å². The van der Waals surface area contributed by atoms with Crippen LogP contribution < -0.4 is 20.9 Å². The number of piperazine rings is 1. The molecule has 1 aliphatic heterocycles. The quantitative estimate of drug-likeness (QED) is 0.299. The van der Waals surface area contributed by atoms with Crippen molar-refractivity contribution in [1.29, 1.82) is 0 Å². The van der Waals surface area contributed by atoms with Gasteiger partial charge in [0, 0.05) is 50.2 Å². The van der Waals surface area contributed by atoms with Gasteiger partial charge in [-0.3, -0.25) is 19.3 Å². The van der Waals surface area contributed by atoms with E-state index < -0.39 is 35.8 Å². The predicted octanol–water partition coefficient (Wildman–Crippen LogP) is 3.86. The maximum Gasteiger partial charge on any atom is 0.315 e. The first kappa shape index (κ1) is 34.3. The molecule has 1 saturated heterocycles. The van der Waals surface area contributed by atoms with E-state index in [1.807, 2.05) is 20.9 Å². The molecule has 0 bridgehead atoms. The van der Waals surface area contributed by atoms with Crippen LogP contribution in [0.25, 0.3) is 0 Å². The van der Waals surface area contributed by atoms with Gasteiger partial charge < -0.3 is 25.8 Å². The number of hydrogen-bond acceptors (Lipinski definition) is 6. The van der Waals surface area contributed by atoms with E-state index >= 15 is 4.39 Å². The zero-order valence-electron chi connectivity index (χ0n) is 28.0. The maximum atomic E-state index is 15.8. The summed E-state index contributed by atoms with van der Waals surface area (Å²) in [5.41, 5.74) is 0.496. The molecule has 0 unspecified atom stereocenters. The van der Waals surface area contributed by atoms with Gasteiger partial charge in [-0.15, -0.1) is 0 Å². The standard InChI is InChI=1S/C34H49FN8O4/c1-22(2)43-29(14-15-36-43)42(21-44)31(24-8-6-5-7-9-24)32(45)38-28-13-10-25(20-27(28)35)23(3)30(39-34(47)37-26-11-12-26)33(46)41-18-16-40(4)17-19-41/h10,13-15,20-24,26,30-31H,5-9,11-12,16-19H2,1-4H3,(H,38,45)(H2,37,39,47)/t23-,30+,31-/m0/s1. The van der Waals surface area contributed by atoms with E-state index in [9.17, 15) is 19.2 Å². The van der Waals surface area contributed by atoms with Gasteiger partial charge in [0.2, 0.25) is 18.2 Å². The Labute approximate surface area is 276 Å². The van der Waals surface area contributed by atoms with Crippen molar-refractivity contribution in [2.45, 2.75) is 95.8 Å². The zero-order valence-corrected chi connectivity index (χ0v) is 28.0. The fourth-order valence-electron chi connectivity index (χ4n) is 6.72. The highest BCUT2D eigenvalue weighted by Gasteiger charge is 2.38. The minimum Gasteiger partial charge on any atom is -0.338 e. The van der Waals surface area contributed by atoms with Crippen molar-refractivity contribution in [3.63, 3.8) is 0 Å². The smallest absolute Gasteiger partial charge is 0.315 e. The molecule has 5 rings (SSSR count). The van der Waals surface area contributed by atoms with Crippen LogP contribution in [0, 0.1) is 11.7 Å². The van der Waals surface area contributed by atoms with Crippen molar-refractivity contribution in [3.05, 3.63) is 41.8 Å². The number of rotatable bonds is 12. The number of carbonyl (C=O) groups excluding carboxylic acids is 4. The third-order valence-electron chi connectivity index (χ3n) is 9.74. The Hall–Kier alpha value is -4.00. The lowest BCUT2D eigenvalue weighted by molar-refractivity contribution is -0.135. The Balaban J connectivity index is 1.36. The first-order valence-corrected chi connectivity index (χ1v) is 17.0. The van der Waals surface area contributed by atoms with Crippen molar-refractivity contribution < 1.29 is 23.6 Å². The summed E-state index contributed by atoms with van der Waals surface area (Å²) in [6, 6.07) is 4.10. The van der Waals surface area contributed by atoms with Crippen LogP contribution in [0.1, 0.15) is 83.2 Å². The average molecular weight is 653 g/mol. The van der Waals surface area contributed by atoms with Crippen molar-refractivity contribution >= 4 is 35.8 Å². The number of halogens is 1. The molecule has 2 aliphatic carbocycles. The van der Waals surface area contributed by atoms with Crippen molar-refractivity contribution in [2.75, 3.05) is 43.4 Å². The van der Waals surface area contributed by atoms with Crippen molar-refractivity contribution in [1.82, 2.24) is 30.2 Å². The maximum absolute atomic E-state index is 15.8. The van der Waals surface area contributed by atoms with Crippen LogP contribution in [0.3, 0.4) is 0 Å². The molecular weight excluding hydrogens is 603 g/mol. The number of benzene rings is 1. The van der Waals surface area contributed by atoms with Crippen molar-refractivity contribution in [2.24, 2.45) is 5.92 Å². The van der Waals surface area contributed by atoms with E-state index in [0.717, 1.165) is 58.0 Å². The minimum atomic E-state index is -0.903. The highest BCUT2D eigenvalue weighted by atomic mass is 19.1. The van der Waals surface area contributed by atoms with Gasteiger partial charge >= 0.3 is 6.03 Å². The van der Waals surface area contributed by atoms with Crippen molar-refractivity contribution in [3.8, 4) is 0 Å². The second-order valence-corrected chi connectivity index (χ2v) is 13.6. The van der Waals surface area contributed by atoms with Crippen LogP contribution in [0.4, 0.5) is 20.7 Å². The number of carbonyl (C=O) groups is 4. The molecule has 5 amide bonds. The molecule has 2 saturated carbocycles. The van der Waals surface area contributed by atoms with Gasteiger partial charge in [-0.2, -0.15) is 5.10 Å². The normalized spacial score (nSPS) is 19.5. The average Bonchev–Trinajstić information content (AvgIpc) is 3.73. The molecule has 2 heterocycles. The first-order valence-electron chi connectivity index (χ1n) is 17.0. The van der Waals surface area contributed by atoms with E-state index in [-0.39, 0.29) is 29.6 Å². The highest BCUT2D eigenvalue weighted by Crippen LogP contribution is 2.33. The van der Waals surface area contributed by atoms with Gasteiger partial charge in [0.1, 0.15) is 23.7 Å². The summed E-state index contributed by atoms with van der Waals surface area (Å²) >= 11 is 0. The summed E-state index contributed by atoms with van der Waals surface area (Å²) in [4.78, 5) is 58.3. The summed E-state index contributed by atoms with van der Waals surface area (Å²) in [6.45, 7) is 8.24. The molecule has 3 N–H and O–H groups in total. The second-order valence-electron chi connectivity index (χ2n) is 13.6. The molecule has 3 atom stereocenters. The first-order chi connectivity index (χ1) is 22.6. The van der Waals surface area contributed by atoms with Crippen LogP contribution >= 0.6 is 0 Å². The Morgan fingerprint density at radius 1 is 1.00 bits per heavy atom. The molecule has 0 radical (unpaired) electrons. The topological polar surface area (TPSA) is 132 Å². The van der Waals surface area contributed by atoms with Crippen LogP contribution in [0.15, 0.2) is 30.5 Å². The fourth-order valence-corrected chi connectivity index (χ4v) is 6.72. The molecule has 256 valence electrons. The molecule has 47 heavy (non-hydrogen) atoms. The predicted molar refractivity (Wildman–Crippen MR) is 178 cm³/mol. The van der Waals surface area contributed by atoms with Crippen LogP contribution in [0.5, 0.6) is 0 Å². The number of amides is 5. The van der Waals surface area contributed by atoms with E-state index in [4.69, 9.17) is 0 Å². The van der Waals surface area contributed by atoms with E-state index in [2.05, 4.69) is 25.9 Å². The summed E-state index contributed by atoms with van der Waals surface area (Å²) in [7, 11) is 2.00. The largest absolute Gasteiger partial charge is 0.338 e. The molecule has 12 nitrogen and oxygen atoms in total. The SMILES string of the molecule is CC(C)n1nccc1N(C=O)[C@H](C(=O)Nc1ccc([C@H](C)[C@@H](NC(=O)NC2CC2)C(=O)N2CCN(C)CC2)cc1F)C1CCCCC1. The number of aromatic nitrogens is 2. The monoisotopic (exact) mass is 652 g/mol. The highest BCUT2D eigenvalue weighted by molar-refractivity contribution is 6.00. The van der Waals surface area contributed by atoms with Gasteiger partial charge in [-0.25, -0.2) is 13.9 Å².